The third kappa shape index (κ3) is 47.6. The number of phosphoric ester groups is 2. The van der Waals surface area contributed by atoms with Crippen molar-refractivity contribution in [3.05, 3.63) is 0 Å². The molecule has 29 heteroatoms. The molecule has 2 aliphatic rings. The SMILES string of the molecule is CCCCCCCCCCCC(=O)O[C@H](CCCCCCC)CC(=O)N[C@H]1[C@H](OC[C@H]2O[C@H](OP(=O)(O)O)[C@H](NC(=O)C[C@@H](CCCCCCC)OC(=O)CCCCCCCCCCC)[C@@H](OC(=O)C[C@H](O)CCCCCCC)[C@@H]2O)O[C@H](CO)[C@@H](OP(=O)(O)O)[C@@H]1OC(=O)C[C@H](O)CCCCCCC. The van der Waals surface area contributed by atoms with Gasteiger partial charge in [0.15, 0.2) is 24.8 Å². The zero-order valence-corrected chi connectivity index (χ0v) is 66.6. The molecule has 2 fully saturated rings. The zero-order valence-electron chi connectivity index (χ0n) is 64.9. The van der Waals surface area contributed by atoms with Crippen molar-refractivity contribution in [3.8, 4) is 0 Å². The van der Waals surface area contributed by atoms with Gasteiger partial charge in [0, 0.05) is 12.8 Å². The molecule has 0 aliphatic carbocycles. The summed E-state index contributed by atoms with van der Waals surface area (Å²) in [5.74, 6) is -5.09. The maximum Gasteiger partial charge on any atom is 0.472 e. The molecule has 10 N–H and O–H groups in total. The first-order chi connectivity index (χ1) is 50.3. The van der Waals surface area contributed by atoms with E-state index in [9.17, 15) is 77.9 Å². The molecule has 0 spiro atoms. The van der Waals surface area contributed by atoms with Crippen LogP contribution in [0.5, 0.6) is 0 Å². The number of nitrogens with one attached hydrogen (secondary N) is 2. The lowest BCUT2D eigenvalue weighted by Gasteiger charge is -2.47. The highest BCUT2D eigenvalue weighted by atomic mass is 31.2. The van der Waals surface area contributed by atoms with Crippen molar-refractivity contribution in [3.63, 3.8) is 0 Å². The van der Waals surface area contributed by atoms with E-state index in [-0.39, 0.29) is 38.5 Å². The fourth-order valence-corrected chi connectivity index (χ4v) is 14.4. The van der Waals surface area contributed by atoms with Crippen LogP contribution in [-0.4, -0.2) is 175 Å². The molecule has 2 rings (SSSR count). The Labute approximate surface area is 628 Å². The Hall–Kier alpha value is -3.24. The van der Waals surface area contributed by atoms with Gasteiger partial charge in [-0.05, 0) is 51.4 Å². The summed E-state index contributed by atoms with van der Waals surface area (Å²) in [5.41, 5.74) is 0. The predicted molar refractivity (Wildman–Crippen MR) is 397 cm³/mol. The molecular formula is C76H142N2O25P2. The third-order valence-corrected chi connectivity index (χ3v) is 20.4. The molecule has 0 radical (unpaired) electrons. The quantitative estimate of drug-likeness (QED) is 0.0117. The molecule has 0 bridgehead atoms. The number of rotatable bonds is 66. The first kappa shape index (κ1) is 97.8. The Balaban J connectivity index is 2.76. The van der Waals surface area contributed by atoms with Crippen molar-refractivity contribution < 1.29 is 120 Å². The van der Waals surface area contributed by atoms with E-state index in [0.717, 1.165) is 180 Å². The van der Waals surface area contributed by atoms with Crippen LogP contribution in [0.4, 0.5) is 0 Å². The van der Waals surface area contributed by atoms with E-state index in [4.69, 9.17) is 42.2 Å². The molecule has 105 heavy (non-hydrogen) atoms. The van der Waals surface area contributed by atoms with Crippen LogP contribution in [0.25, 0.3) is 0 Å². The summed E-state index contributed by atoms with van der Waals surface area (Å²) in [6.45, 7) is 10.4. The molecule has 0 aromatic carbocycles. The van der Waals surface area contributed by atoms with Crippen LogP contribution in [0.1, 0.15) is 350 Å². The monoisotopic (exact) mass is 1540 g/mol. The molecule has 0 aromatic rings. The molecule has 14 atom stereocenters. The van der Waals surface area contributed by atoms with E-state index in [0.29, 0.717) is 38.5 Å². The van der Waals surface area contributed by atoms with Crippen molar-refractivity contribution in [2.45, 2.75) is 435 Å². The van der Waals surface area contributed by atoms with Crippen LogP contribution in [0, 0.1) is 0 Å². The van der Waals surface area contributed by atoms with E-state index < -0.39 is 176 Å². The van der Waals surface area contributed by atoms with Gasteiger partial charge in [-0.15, -0.1) is 0 Å². The lowest BCUT2D eigenvalue weighted by atomic mass is 9.95. The number of amides is 2. The smallest absolute Gasteiger partial charge is 0.462 e. The molecule has 27 nitrogen and oxygen atoms in total. The van der Waals surface area contributed by atoms with Crippen LogP contribution < -0.4 is 10.6 Å². The van der Waals surface area contributed by atoms with E-state index in [2.05, 4.69) is 38.3 Å². The Kier molecular flexibility index (Phi) is 55.5. The first-order valence-corrected chi connectivity index (χ1v) is 43.8. The Bertz CT molecular complexity index is 2390. The van der Waals surface area contributed by atoms with Gasteiger partial charge < -0.3 is 83.8 Å². The standard InChI is InChI=1S/C76H142N2O25P2/c1-7-13-19-25-27-29-31-37-43-49-65(84)96-59(47-41-35-23-17-11-5)53-63(82)77-69-73(100-67(86)51-57(80)45-39-33-21-15-9-3)71(88)62(99-76(69)103-105(92,93)94)56-95-75-70(74(72(61(55-79)98-75)102-104(89,90)91)101-68(87)52-58(81)46-40-34-22-16-10-4)78-64(83)54-60(48-42-36-24-18-12-6)97-66(85)50-44-38-32-30-28-26-20-14-8-2/h57-62,69-76,79-81,88H,7-56H2,1-6H3,(H,77,82)(H,78,83)(H2,89,90,91)(H2,92,93,94)/t57-,58-,59-,60-,61-,62-,69-,70-,71-,72-,73-,74-,75-,76-/m1/s1. The second-order valence-electron chi connectivity index (χ2n) is 29.2. The van der Waals surface area contributed by atoms with Crippen LogP contribution in [0.3, 0.4) is 0 Å². The fourth-order valence-electron chi connectivity index (χ4n) is 13.4. The highest BCUT2D eigenvalue weighted by molar-refractivity contribution is 7.46. The molecule has 616 valence electrons. The van der Waals surface area contributed by atoms with Gasteiger partial charge in [-0.3, -0.25) is 37.8 Å². The molecule has 2 heterocycles. The van der Waals surface area contributed by atoms with Crippen LogP contribution >= 0.6 is 15.6 Å². The average Bonchev–Trinajstić information content (AvgIpc) is 0.783. The molecule has 0 unspecified atom stereocenters. The lowest BCUT2D eigenvalue weighted by Crippen LogP contribution is -2.68. The molecule has 0 saturated carbocycles. The van der Waals surface area contributed by atoms with Crippen molar-refractivity contribution >= 4 is 51.3 Å². The number of hydrogen-bond donors (Lipinski definition) is 10. The van der Waals surface area contributed by atoms with Crippen LogP contribution in [0.2, 0.25) is 0 Å². The van der Waals surface area contributed by atoms with E-state index in [1.807, 2.05) is 13.8 Å². The largest absolute Gasteiger partial charge is 0.472 e. The summed E-state index contributed by atoms with van der Waals surface area (Å²) < 4.78 is 78.4. The van der Waals surface area contributed by atoms with Gasteiger partial charge >= 0.3 is 39.5 Å². The first-order valence-electron chi connectivity index (χ1n) is 40.7. The molecule has 2 saturated heterocycles. The fraction of sp³-hybridized carbons (Fsp3) is 0.921. The number of esters is 4. The van der Waals surface area contributed by atoms with E-state index in [1.165, 1.54) is 25.7 Å². The summed E-state index contributed by atoms with van der Waals surface area (Å²) in [4.78, 5) is 126. The summed E-state index contributed by atoms with van der Waals surface area (Å²) in [6, 6.07) is -3.85. The minimum atomic E-state index is -5.68. The number of unbranched alkanes of at least 4 members (excludes halogenated alkanes) is 32. The van der Waals surface area contributed by atoms with Crippen molar-refractivity contribution in [1.29, 1.82) is 0 Å². The summed E-state index contributed by atoms with van der Waals surface area (Å²) in [6.07, 6.45) is 12.5. The minimum Gasteiger partial charge on any atom is -0.462 e. The van der Waals surface area contributed by atoms with Crippen molar-refractivity contribution in [2.24, 2.45) is 0 Å². The van der Waals surface area contributed by atoms with Gasteiger partial charge in [-0.25, -0.2) is 9.13 Å². The summed E-state index contributed by atoms with van der Waals surface area (Å²) in [5, 5.41) is 50.8. The van der Waals surface area contributed by atoms with Gasteiger partial charge in [0.05, 0.1) is 51.1 Å². The number of aliphatic hydroxyl groups is 4. The van der Waals surface area contributed by atoms with Gasteiger partial charge in [0.25, 0.3) is 0 Å². The average molecular weight is 1550 g/mol. The number of ether oxygens (including phenoxy) is 7. The topological polar surface area (TPSA) is 406 Å². The highest BCUT2D eigenvalue weighted by Crippen LogP contribution is 2.44. The number of aliphatic hydroxyl groups excluding tert-OH is 4. The number of carbonyl (C=O) groups is 6. The Morgan fingerprint density at radius 1 is 0.390 bits per heavy atom. The van der Waals surface area contributed by atoms with E-state index >= 15 is 0 Å². The second-order valence-corrected chi connectivity index (χ2v) is 31.5. The second kappa shape index (κ2) is 59.6. The maximum atomic E-state index is 14.7. The number of hydrogen-bond acceptors (Lipinski definition) is 21. The van der Waals surface area contributed by atoms with Gasteiger partial charge in [0.2, 0.25) is 11.8 Å². The Morgan fingerprint density at radius 2 is 0.714 bits per heavy atom. The molecular weight excluding hydrogens is 1400 g/mol. The molecule has 2 amide bonds. The molecule has 0 aromatic heterocycles. The van der Waals surface area contributed by atoms with Crippen LogP contribution in [0.15, 0.2) is 0 Å². The third-order valence-electron chi connectivity index (χ3n) is 19.4. The van der Waals surface area contributed by atoms with Gasteiger partial charge in [-0.2, -0.15) is 0 Å². The molecule has 2 aliphatic heterocycles. The van der Waals surface area contributed by atoms with Gasteiger partial charge in [-0.1, -0.05) is 260 Å². The summed E-state index contributed by atoms with van der Waals surface area (Å²) in [7, 11) is -11.3. The highest BCUT2D eigenvalue weighted by Gasteiger charge is 2.55. The van der Waals surface area contributed by atoms with Crippen LogP contribution in [-0.2, 0) is 80.1 Å². The van der Waals surface area contributed by atoms with E-state index in [1.54, 1.807) is 0 Å². The number of carbonyl (C=O) groups excluding carboxylic acids is 6. The summed E-state index contributed by atoms with van der Waals surface area (Å²) >= 11 is 0. The lowest BCUT2D eigenvalue weighted by molar-refractivity contribution is -0.296. The zero-order chi connectivity index (χ0) is 77.7. The predicted octanol–water partition coefficient (Wildman–Crippen LogP) is 13.6. The maximum absolute atomic E-state index is 14.7. The minimum absolute atomic E-state index is 0.0859. The number of phosphoric acid groups is 2. The van der Waals surface area contributed by atoms with Crippen molar-refractivity contribution in [1.82, 2.24) is 10.6 Å². The normalized spacial score (nSPS) is 21.8. The van der Waals surface area contributed by atoms with Gasteiger partial charge in [0.1, 0.15) is 48.7 Å². The Morgan fingerprint density at radius 3 is 1.08 bits per heavy atom. The van der Waals surface area contributed by atoms with Crippen molar-refractivity contribution in [2.75, 3.05) is 13.2 Å².